The number of carbonyl (C=O) groups excluding carboxylic acids is 1. The van der Waals surface area contributed by atoms with Crippen molar-refractivity contribution in [3.05, 3.63) is 65.5 Å². The summed E-state index contributed by atoms with van der Waals surface area (Å²) in [5.74, 6) is -0.222. The second-order valence-electron chi connectivity index (χ2n) is 8.80. The molecule has 2 aromatic carbocycles. The van der Waals surface area contributed by atoms with Crippen LogP contribution in [0.1, 0.15) is 34.5 Å². The smallest absolute Gasteiger partial charge is 0.373 e. The zero-order valence-electron chi connectivity index (χ0n) is 19.3. The number of unbranched alkanes of at least 4 members (excludes halogenated alkanes) is 1. The van der Waals surface area contributed by atoms with Gasteiger partial charge in [-0.25, -0.2) is 4.79 Å². The lowest BCUT2D eigenvalue weighted by Gasteiger charge is -2.36. The van der Waals surface area contributed by atoms with Gasteiger partial charge in [-0.3, -0.25) is 4.90 Å². The number of ether oxygens (including phenoxy) is 1. The van der Waals surface area contributed by atoms with Crippen LogP contribution in [-0.4, -0.2) is 55.7 Å². The SMILES string of the molecule is COC(=O)c1cc2cc(N3CCN(CCCCc4c[nH]c5ccc(C#N)cc45)CC3)ccc2o1. The molecule has 1 N–H and O–H groups in total. The molecule has 1 fully saturated rings. The third-order valence-corrected chi connectivity index (χ3v) is 6.69. The average Bonchev–Trinajstić information content (AvgIpc) is 3.49. The van der Waals surface area contributed by atoms with E-state index in [-0.39, 0.29) is 5.76 Å². The quantitative estimate of drug-likeness (QED) is 0.320. The molecule has 0 aliphatic carbocycles. The number of esters is 1. The molecular formula is C27H28N4O3. The molecule has 0 unspecified atom stereocenters. The third-order valence-electron chi connectivity index (χ3n) is 6.69. The van der Waals surface area contributed by atoms with Gasteiger partial charge in [-0.05, 0) is 73.8 Å². The summed E-state index contributed by atoms with van der Waals surface area (Å²) in [7, 11) is 1.36. The normalized spacial score (nSPS) is 14.5. The molecule has 0 spiro atoms. The van der Waals surface area contributed by atoms with Crippen molar-refractivity contribution in [2.24, 2.45) is 0 Å². The van der Waals surface area contributed by atoms with E-state index in [1.165, 1.54) is 18.1 Å². The summed E-state index contributed by atoms with van der Waals surface area (Å²) in [4.78, 5) is 20.0. The molecule has 34 heavy (non-hydrogen) atoms. The molecule has 3 heterocycles. The number of carbonyl (C=O) groups is 1. The van der Waals surface area contributed by atoms with Crippen LogP contribution < -0.4 is 4.90 Å². The Kier molecular flexibility index (Phi) is 6.24. The molecular weight excluding hydrogens is 428 g/mol. The van der Waals surface area contributed by atoms with E-state index in [1.807, 2.05) is 24.3 Å². The maximum atomic E-state index is 11.7. The van der Waals surface area contributed by atoms with Gasteiger partial charge in [0.15, 0.2) is 0 Å². The Labute approximate surface area is 198 Å². The molecule has 0 bridgehead atoms. The number of furan rings is 1. The summed E-state index contributed by atoms with van der Waals surface area (Å²) in [5.41, 5.74) is 4.95. The molecule has 0 atom stereocenters. The monoisotopic (exact) mass is 456 g/mol. The van der Waals surface area contributed by atoms with Crippen LogP contribution in [0.5, 0.6) is 0 Å². The fourth-order valence-corrected chi connectivity index (χ4v) is 4.76. The van der Waals surface area contributed by atoms with Gasteiger partial charge in [0.05, 0.1) is 18.7 Å². The maximum absolute atomic E-state index is 11.7. The first kappa shape index (κ1) is 22.1. The van der Waals surface area contributed by atoms with Crippen LogP contribution in [0.25, 0.3) is 21.9 Å². The van der Waals surface area contributed by atoms with E-state index in [4.69, 9.17) is 14.4 Å². The zero-order valence-corrected chi connectivity index (χ0v) is 19.3. The molecule has 5 rings (SSSR count). The van der Waals surface area contributed by atoms with E-state index in [0.29, 0.717) is 11.1 Å². The van der Waals surface area contributed by atoms with Gasteiger partial charge in [-0.15, -0.1) is 0 Å². The van der Waals surface area contributed by atoms with Crippen LogP contribution >= 0.6 is 0 Å². The Morgan fingerprint density at radius 1 is 1.12 bits per heavy atom. The number of fused-ring (bicyclic) bond motifs is 2. The van der Waals surface area contributed by atoms with Crippen LogP contribution in [0, 0.1) is 11.3 Å². The second-order valence-corrected chi connectivity index (χ2v) is 8.80. The first-order valence-corrected chi connectivity index (χ1v) is 11.7. The number of H-pyrrole nitrogens is 1. The van der Waals surface area contributed by atoms with Gasteiger partial charge in [-0.2, -0.15) is 5.26 Å². The number of anilines is 1. The molecule has 174 valence electrons. The van der Waals surface area contributed by atoms with Crippen molar-refractivity contribution < 1.29 is 13.9 Å². The summed E-state index contributed by atoms with van der Waals surface area (Å²) >= 11 is 0. The number of hydrogen-bond acceptors (Lipinski definition) is 6. The van der Waals surface area contributed by atoms with Gasteiger partial charge >= 0.3 is 5.97 Å². The van der Waals surface area contributed by atoms with Crippen molar-refractivity contribution in [1.29, 1.82) is 5.26 Å². The van der Waals surface area contributed by atoms with Crippen LogP contribution in [0.4, 0.5) is 5.69 Å². The number of aryl methyl sites for hydroxylation is 1. The third kappa shape index (κ3) is 4.50. The van der Waals surface area contributed by atoms with Crippen LogP contribution in [-0.2, 0) is 11.2 Å². The Hall–Kier alpha value is -3.76. The summed E-state index contributed by atoms with van der Waals surface area (Å²) < 4.78 is 10.3. The van der Waals surface area contributed by atoms with Gasteiger partial charge in [0.25, 0.3) is 0 Å². The lowest BCUT2D eigenvalue weighted by molar-refractivity contribution is 0.0567. The van der Waals surface area contributed by atoms with E-state index in [2.05, 4.69) is 39.2 Å². The molecule has 7 heteroatoms. The zero-order chi connectivity index (χ0) is 23.5. The molecule has 1 saturated heterocycles. The van der Waals surface area contributed by atoms with Gasteiger partial charge in [-0.1, -0.05) is 0 Å². The summed E-state index contributed by atoms with van der Waals surface area (Å²) in [5, 5.41) is 11.2. The number of aromatic nitrogens is 1. The first-order chi connectivity index (χ1) is 16.6. The molecule has 2 aromatic heterocycles. The lowest BCUT2D eigenvalue weighted by atomic mass is 10.1. The predicted molar refractivity (Wildman–Crippen MR) is 132 cm³/mol. The molecule has 0 amide bonds. The van der Waals surface area contributed by atoms with Crippen LogP contribution in [0.3, 0.4) is 0 Å². The minimum atomic E-state index is -0.456. The highest BCUT2D eigenvalue weighted by molar-refractivity contribution is 5.93. The van der Waals surface area contributed by atoms with E-state index in [0.717, 1.165) is 68.6 Å². The van der Waals surface area contributed by atoms with Crippen molar-refractivity contribution in [3.8, 4) is 6.07 Å². The van der Waals surface area contributed by atoms with E-state index in [9.17, 15) is 4.79 Å². The highest BCUT2D eigenvalue weighted by Crippen LogP contribution is 2.27. The minimum absolute atomic E-state index is 0.234. The summed E-state index contributed by atoms with van der Waals surface area (Å²) in [6.45, 7) is 5.13. The van der Waals surface area contributed by atoms with Crippen LogP contribution in [0.2, 0.25) is 0 Å². The molecule has 0 radical (unpaired) electrons. The van der Waals surface area contributed by atoms with Gasteiger partial charge in [0, 0.05) is 54.4 Å². The Morgan fingerprint density at radius 2 is 1.97 bits per heavy atom. The number of rotatable bonds is 7. The van der Waals surface area contributed by atoms with E-state index >= 15 is 0 Å². The first-order valence-electron chi connectivity index (χ1n) is 11.7. The van der Waals surface area contributed by atoms with Crippen molar-refractivity contribution >= 4 is 33.5 Å². The number of piperazine rings is 1. The van der Waals surface area contributed by atoms with Crippen molar-refractivity contribution in [2.45, 2.75) is 19.3 Å². The van der Waals surface area contributed by atoms with Gasteiger partial charge in [0.2, 0.25) is 5.76 Å². The largest absolute Gasteiger partial charge is 0.463 e. The Balaban J connectivity index is 1.11. The lowest BCUT2D eigenvalue weighted by Crippen LogP contribution is -2.46. The molecule has 1 aliphatic rings. The number of aromatic amines is 1. The molecule has 7 nitrogen and oxygen atoms in total. The van der Waals surface area contributed by atoms with E-state index < -0.39 is 5.97 Å². The Morgan fingerprint density at radius 3 is 2.76 bits per heavy atom. The fourth-order valence-electron chi connectivity index (χ4n) is 4.76. The van der Waals surface area contributed by atoms with Gasteiger partial charge in [0.1, 0.15) is 5.58 Å². The number of methoxy groups -OCH3 is 1. The maximum Gasteiger partial charge on any atom is 0.373 e. The number of benzene rings is 2. The van der Waals surface area contributed by atoms with Gasteiger partial charge < -0.3 is 19.0 Å². The fraction of sp³-hybridized carbons (Fsp3) is 0.333. The second kappa shape index (κ2) is 9.62. The van der Waals surface area contributed by atoms with Crippen molar-refractivity contribution in [3.63, 3.8) is 0 Å². The van der Waals surface area contributed by atoms with Crippen molar-refractivity contribution in [2.75, 3.05) is 44.7 Å². The number of nitrogens with zero attached hydrogens (tertiary/aromatic N) is 3. The minimum Gasteiger partial charge on any atom is -0.463 e. The number of nitriles is 1. The molecule has 4 aromatic rings. The molecule has 0 saturated carbocycles. The average molecular weight is 457 g/mol. The number of nitrogens with one attached hydrogen (secondary N) is 1. The highest BCUT2D eigenvalue weighted by Gasteiger charge is 2.19. The summed E-state index contributed by atoms with van der Waals surface area (Å²) in [6.07, 6.45) is 5.38. The van der Waals surface area contributed by atoms with Crippen LogP contribution in [0.15, 0.2) is 53.1 Å². The summed E-state index contributed by atoms with van der Waals surface area (Å²) in [6, 6.07) is 15.9. The van der Waals surface area contributed by atoms with Crippen molar-refractivity contribution in [1.82, 2.24) is 9.88 Å². The Bertz CT molecular complexity index is 1360. The topological polar surface area (TPSA) is 85.5 Å². The predicted octanol–water partition coefficient (Wildman–Crippen LogP) is 4.72. The number of hydrogen-bond donors (Lipinski definition) is 1. The highest BCUT2D eigenvalue weighted by atomic mass is 16.5. The molecule has 1 aliphatic heterocycles. The standard InChI is InChI=1S/C27H28N4O3/c1-33-27(32)26-16-21-15-22(6-8-25(21)34-26)31-12-10-30(11-13-31)9-3-2-4-20-18-29-24-7-5-19(17-28)14-23(20)24/h5-8,14-16,18,29H,2-4,9-13H2,1H3. The van der Waals surface area contributed by atoms with E-state index in [1.54, 1.807) is 6.07 Å².